The summed E-state index contributed by atoms with van der Waals surface area (Å²) in [6, 6.07) is 4.46. The molecule has 0 fully saturated rings. The van der Waals surface area contributed by atoms with Gasteiger partial charge < -0.3 is 20.3 Å². The largest absolute Gasteiger partial charge is 0.497 e. The molecule has 0 aliphatic heterocycles. The fourth-order valence-corrected chi connectivity index (χ4v) is 1.61. The number of methoxy groups -OCH3 is 1. The molecule has 0 heterocycles. The number of aliphatic hydroxyl groups excluding tert-OH is 1. The molecule has 6 heteroatoms. The Morgan fingerprint density at radius 1 is 1.45 bits per heavy atom. The van der Waals surface area contributed by atoms with Crippen molar-refractivity contribution in [2.45, 2.75) is 32.4 Å². The number of hydrogen-bond acceptors (Lipinski definition) is 5. The second-order valence-electron chi connectivity index (χ2n) is 5.37. The van der Waals surface area contributed by atoms with Crippen molar-refractivity contribution in [2.75, 3.05) is 19.0 Å². The summed E-state index contributed by atoms with van der Waals surface area (Å²) in [5.74, 6) is 0.574. The van der Waals surface area contributed by atoms with Gasteiger partial charge >= 0.3 is 6.09 Å². The Balaban J connectivity index is 2.98. The van der Waals surface area contributed by atoms with Crippen LogP contribution in [0.5, 0.6) is 5.75 Å². The van der Waals surface area contributed by atoms with E-state index in [2.05, 4.69) is 5.32 Å². The van der Waals surface area contributed by atoms with E-state index in [9.17, 15) is 4.79 Å². The van der Waals surface area contributed by atoms with Gasteiger partial charge in [-0.3, -0.25) is 5.32 Å². The van der Waals surface area contributed by atoms with E-state index in [4.69, 9.17) is 20.3 Å². The van der Waals surface area contributed by atoms with E-state index in [1.807, 2.05) is 0 Å². The van der Waals surface area contributed by atoms with Gasteiger partial charge in [-0.15, -0.1) is 0 Å². The maximum absolute atomic E-state index is 11.8. The summed E-state index contributed by atoms with van der Waals surface area (Å²) in [5, 5.41) is 11.8. The van der Waals surface area contributed by atoms with Crippen molar-refractivity contribution >= 4 is 11.8 Å². The molecule has 20 heavy (non-hydrogen) atoms. The van der Waals surface area contributed by atoms with Gasteiger partial charge in [-0.05, 0) is 32.4 Å². The van der Waals surface area contributed by atoms with Crippen molar-refractivity contribution in [1.82, 2.24) is 0 Å². The number of anilines is 1. The minimum atomic E-state index is -0.595. The SMILES string of the molecule is COc1ccc(C(N)CO)c(NC(=O)OC(C)(C)C)c1. The van der Waals surface area contributed by atoms with Gasteiger partial charge in [0.05, 0.1) is 25.4 Å². The lowest BCUT2D eigenvalue weighted by molar-refractivity contribution is 0.0635. The van der Waals surface area contributed by atoms with Gasteiger partial charge in [-0.2, -0.15) is 0 Å². The molecule has 0 bridgehead atoms. The zero-order valence-corrected chi connectivity index (χ0v) is 12.3. The molecule has 0 radical (unpaired) electrons. The molecule has 0 aliphatic carbocycles. The average molecular weight is 282 g/mol. The maximum Gasteiger partial charge on any atom is 0.412 e. The van der Waals surface area contributed by atoms with E-state index in [0.717, 1.165) is 0 Å². The van der Waals surface area contributed by atoms with E-state index in [1.54, 1.807) is 39.0 Å². The van der Waals surface area contributed by atoms with Gasteiger partial charge in [0, 0.05) is 6.07 Å². The molecule has 1 amide bonds. The van der Waals surface area contributed by atoms with Crippen molar-refractivity contribution in [3.8, 4) is 5.75 Å². The highest BCUT2D eigenvalue weighted by Gasteiger charge is 2.19. The van der Waals surface area contributed by atoms with Crippen LogP contribution in [-0.2, 0) is 4.74 Å². The van der Waals surface area contributed by atoms with Crippen LogP contribution in [0, 0.1) is 0 Å². The lowest BCUT2D eigenvalue weighted by Gasteiger charge is -2.21. The van der Waals surface area contributed by atoms with Crippen LogP contribution in [0.25, 0.3) is 0 Å². The van der Waals surface area contributed by atoms with Crippen LogP contribution < -0.4 is 15.8 Å². The van der Waals surface area contributed by atoms with E-state index in [0.29, 0.717) is 17.0 Å². The number of carbonyl (C=O) groups is 1. The molecule has 0 saturated carbocycles. The summed E-state index contributed by atoms with van der Waals surface area (Å²) in [7, 11) is 1.53. The number of rotatable bonds is 4. The summed E-state index contributed by atoms with van der Waals surface area (Å²) in [6.07, 6.45) is -0.586. The smallest absolute Gasteiger partial charge is 0.412 e. The van der Waals surface area contributed by atoms with Gasteiger partial charge in [0.1, 0.15) is 11.4 Å². The predicted octanol–water partition coefficient (Wildman–Crippen LogP) is 2.03. The Morgan fingerprint density at radius 2 is 2.10 bits per heavy atom. The molecule has 4 N–H and O–H groups in total. The summed E-state index contributed by atoms with van der Waals surface area (Å²) < 4.78 is 10.3. The zero-order chi connectivity index (χ0) is 15.3. The first-order valence-corrected chi connectivity index (χ1v) is 6.31. The molecular weight excluding hydrogens is 260 g/mol. The Kier molecular flexibility index (Phi) is 5.35. The minimum absolute atomic E-state index is 0.227. The third-order valence-electron chi connectivity index (χ3n) is 2.49. The van der Waals surface area contributed by atoms with Crippen LogP contribution in [0.4, 0.5) is 10.5 Å². The highest BCUT2D eigenvalue weighted by atomic mass is 16.6. The monoisotopic (exact) mass is 282 g/mol. The second-order valence-corrected chi connectivity index (χ2v) is 5.37. The molecule has 1 aromatic rings. The summed E-state index contributed by atoms with van der Waals surface area (Å²) in [6.45, 7) is 5.10. The van der Waals surface area contributed by atoms with Crippen molar-refractivity contribution in [3.63, 3.8) is 0 Å². The van der Waals surface area contributed by atoms with Crippen LogP contribution in [0.15, 0.2) is 18.2 Å². The zero-order valence-electron chi connectivity index (χ0n) is 12.3. The molecule has 1 atom stereocenters. The first kappa shape index (κ1) is 16.3. The first-order chi connectivity index (χ1) is 9.26. The Morgan fingerprint density at radius 3 is 2.60 bits per heavy atom. The fraction of sp³-hybridized carbons (Fsp3) is 0.500. The Hall–Kier alpha value is -1.79. The van der Waals surface area contributed by atoms with Crippen molar-refractivity contribution in [2.24, 2.45) is 5.73 Å². The fourth-order valence-electron chi connectivity index (χ4n) is 1.61. The highest BCUT2D eigenvalue weighted by molar-refractivity contribution is 5.86. The number of carbonyl (C=O) groups excluding carboxylic acids is 1. The Bertz CT molecular complexity index is 469. The number of hydrogen-bond donors (Lipinski definition) is 3. The molecule has 0 saturated heterocycles. The van der Waals surface area contributed by atoms with Crippen molar-refractivity contribution in [3.05, 3.63) is 23.8 Å². The van der Waals surface area contributed by atoms with Crippen LogP contribution in [0.1, 0.15) is 32.4 Å². The summed E-state index contributed by atoms with van der Waals surface area (Å²) >= 11 is 0. The van der Waals surface area contributed by atoms with Gasteiger partial charge in [0.2, 0.25) is 0 Å². The summed E-state index contributed by atoms with van der Waals surface area (Å²) in [5.41, 5.74) is 6.28. The number of nitrogens with one attached hydrogen (secondary N) is 1. The molecule has 112 valence electrons. The molecular formula is C14H22N2O4. The van der Waals surface area contributed by atoms with E-state index in [-0.39, 0.29) is 6.61 Å². The molecule has 1 rings (SSSR count). The molecule has 0 spiro atoms. The van der Waals surface area contributed by atoms with Crippen LogP contribution in [-0.4, -0.2) is 30.5 Å². The highest BCUT2D eigenvalue weighted by Crippen LogP contribution is 2.27. The van der Waals surface area contributed by atoms with Gasteiger partial charge in [-0.25, -0.2) is 4.79 Å². The standard InChI is InChI=1S/C14H22N2O4/c1-14(2,3)20-13(18)16-12-7-9(19-4)5-6-10(12)11(15)8-17/h5-7,11,17H,8,15H2,1-4H3,(H,16,18). The lowest BCUT2D eigenvalue weighted by Crippen LogP contribution is -2.28. The molecule has 0 aliphatic rings. The van der Waals surface area contributed by atoms with Crippen molar-refractivity contribution < 1.29 is 19.4 Å². The number of benzene rings is 1. The van der Waals surface area contributed by atoms with E-state index < -0.39 is 17.7 Å². The van der Waals surface area contributed by atoms with Crippen LogP contribution >= 0.6 is 0 Å². The number of ether oxygens (including phenoxy) is 2. The van der Waals surface area contributed by atoms with Gasteiger partial charge in [-0.1, -0.05) is 6.07 Å². The summed E-state index contributed by atoms with van der Waals surface area (Å²) in [4.78, 5) is 11.8. The average Bonchev–Trinajstić information content (AvgIpc) is 2.35. The van der Waals surface area contributed by atoms with Crippen molar-refractivity contribution in [1.29, 1.82) is 0 Å². The number of aliphatic hydroxyl groups is 1. The van der Waals surface area contributed by atoms with Crippen LogP contribution in [0.2, 0.25) is 0 Å². The second kappa shape index (κ2) is 6.58. The predicted molar refractivity (Wildman–Crippen MR) is 76.9 cm³/mol. The Labute approximate surface area is 118 Å². The first-order valence-electron chi connectivity index (χ1n) is 6.31. The van der Waals surface area contributed by atoms with E-state index >= 15 is 0 Å². The van der Waals surface area contributed by atoms with Crippen LogP contribution in [0.3, 0.4) is 0 Å². The lowest BCUT2D eigenvalue weighted by atomic mass is 10.1. The maximum atomic E-state index is 11.8. The normalized spacial score (nSPS) is 12.7. The molecule has 0 aromatic heterocycles. The quantitative estimate of drug-likeness (QED) is 0.785. The minimum Gasteiger partial charge on any atom is -0.497 e. The van der Waals surface area contributed by atoms with Gasteiger partial charge in [0.25, 0.3) is 0 Å². The van der Waals surface area contributed by atoms with Gasteiger partial charge in [0.15, 0.2) is 0 Å². The third kappa shape index (κ3) is 4.71. The molecule has 1 unspecified atom stereocenters. The number of nitrogens with two attached hydrogens (primary N) is 1. The number of amides is 1. The topological polar surface area (TPSA) is 93.8 Å². The van der Waals surface area contributed by atoms with E-state index in [1.165, 1.54) is 7.11 Å². The molecule has 1 aromatic carbocycles. The molecule has 6 nitrogen and oxygen atoms in total. The third-order valence-corrected chi connectivity index (χ3v) is 2.49.